The van der Waals surface area contributed by atoms with Gasteiger partial charge in [-0.25, -0.2) is 4.79 Å². The lowest BCUT2D eigenvalue weighted by Gasteiger charge is -2.25. The third-order valence-corrected chi connectivity index (χ3v) is 7.62. The zero-order chi connectivity index (χ0) is 33.6. The van der Waals surface area contributed by atoms with Crippen molar-refractivity contribution in [2.45, 2.75) is 149 Å². The first kappa shape index (κ1) is 42.1. The molecule has 0 unspecified atom stereocenters. The molecule has 0 aliphatic heterocycles. The van der Waals surface area contributed by atoms with Gasteiger partial charge in [0.15, 0.2) is 5.78 Å². The summed E-state index contributed by atoms with van der Waals surface area (Å²) in [5, 5.41) is 12.8. The van der Waals surface area contributed by atoms with Crippen LogP contribution in [0.1, 0.15) is 126 Å². The maximum absolute atomic E-state index is 13.2. The number of methoxy groups -OCH3 is 1. The molecule has 0 heterocycles. The number of ether oxygens (including phenoxy) is 4. The predicted octanol–water partition coefficient (Wildman–Crippen LogP) is 6.39. The lowest BCUT2D eigenvalue weighted by Crippen LogP contribution is -2.46. The molecule has 258 valence electrons. The van der Waals surface area contributed by atoms with E-state index in [9.17, 15) is 24.3 Å². The van der Waals surface area contributed by atoms with Gasteiger partial charge in [0, 0.05) is 17.9 Å². The van der Waals surface area contributed by atoms with Crippen molar-refractivity contribution in [3.8, 4) is 0 Å². The summed E-state index contributed by atoms with van der Waals surface area (Å²) in [6, 6.07) is -0.939. The van der Waals surface area contributed by atoms with E-state index in [0.29, 0.717) is 12.2 Å². The molecule has 0 aromatic rings. The summed E-state index contributed by atoms with van der Waals surface area (Å²) < 4.78 is 21.2. The number of amides is 1. The second-order valence-corrected chi connectivity index (χ2v) is 14.4. The van der Waals surface area contributed by atoms with E-state index in [1.807, 2.05) is 20.8 Å². The summed E-state index contributed by atoms with van der Waals surface area (Å²) in [7, 11) is 1.25. The number of aliphatic hydroxyl groups is 1. The van der Waals surface area contributed by atoms with Crippen LogP contribution in [-0.4, -0.2) is 84.1 Å². The van der Waals surface area contributed by atoms with Gasteiger partial charge < -0.3 is 29.4 Å². The number of nitrogens with one attached hydrogen (secondary N) is 1. The molecule has 0 saturated carbocycles. The van der Waals surface area contributed by atoms with Crippen LogP contribution in [0.3, 0.4) is 0 Å². The number of carbonyl (C=O) groups excluding carboxylic acids is 4. The molecule has 2 N–H and O–H groups in total. The Morgan fingerprint density at radius 2 is 1.43 bits per heavy atom. The molecule has 0 aliphatic rings. The Balaban J connectivity index is 4.68. The van der Waals surface area contributed by atoms with Gasteiger partial charge in [-0.15, -0.1) is 0 Å². The van der Waals surface area contributed by atoms with Crippen molar-refractivity contribution < 1.29 is 43.2 Å². The number of aliphatic hydroxyl groups excluding tert-OH is 1. The maximum atomic E-state index is 13.2. The zero-order valence-corrected chi connectivity index (χ0v) is 29.5. The first-order valence-corrected chi connectivity index (χ1v) is 17.4. The summed E-state index contributed by atoms with van der Waals surface area (Å²) in [5.74, 6) is -1.67. The molecule has 10 nitrogen and oxygen atoms in total. The normalized spacial score (nSPS) is 13.9. The molecule has 44 heavy (non-hydrogen) atoms. The molecule has 11 heteroatoms. The Hall–Kier alpha value is -1.85. The van der Waals surface area contributed by atoms with Crippen molar-refractivity contribution in [1.82, 2.24) is 5.32 Å². The number of unbranched alkanes of at least 4 members (excludes halogenated alkanes) is 8. The molecule has 0 fully saturated rings. The van der Waals surface area contributed by atoms with E-state index in [0.717, 1.165) is 19.3 Å². The van der Waals surface area contributed by atoms with Gasteiger partial charge >= 0.3 is 18.0 Å². The van der Waals surface area contributed by atoms with Crippen molar-refractivity contribution >= 4 is 35.6 Å². The smallest absolute Gasteiger partial charge is 0.408 e. The molecular weight excluding hydrogens is 586 g/mol. The second-order valence-electron chi connectivity index (χ2n) is 13.3. The van der Waals surface area contributed by atoms with Crippen molar-refractivity contribution in [3.05, 3.63) is 0 Å². The van der Waals surface area contributed by atoms with Gasteiger partial charge in [0.2, 0.25) is 0 Å². The third-order valence-electron chi connectivity index (χ3n) is 6.60. The van der Waals surface area contributed by atoms with Gasteiger partial charge in [0.05, 0.1) is 43.8 Å². The maximum Gasteiger partial charge on any atom is 0.408 e. The number of esters is 2. The van der Waals surface area contributed by atoms with Gasteiger partial charge in [0.25, 0.3) is 0 Å². The number of carbonyl (C=O) groups is 4. The molecule has 0 radical (unpaired) electrons. The summed E-state index contributed by atoms with van der Waals surface area (Å²) in [6.07, 6.45) is 9.62. The minimum atomic E-state index is -0.939. The van der Waals surface area contributed by atoms with E-state index < -0.39 is 47.3 Å². The predicted molar refractivity (Wildman–Crippen MR) is 175 cm³/mol. The first-order chi connectivity index (χ1) is 20.6. The molecule has 0 aromatic carbocycles. The number of hydrogen-bond acceptors (Lipinski definition) is 10. The molecular formula is C33H61NO9S. The molecule has 0 spiro atoms. The highest BCUT2D eigenvalue weighted by Crippen LogP contribution is 2.17. The first-order valence-electron chi connectivity index (χ1n) is 16.2. The molecule has 3 atom stereocenters. The average Bonchev–Trinajstić information content (AvgIpc) is 2.91. The van der Waals surface area contributed by atoms with Gasteiger partial charge in [-0.2, -0.15) is 11.8 Å². The standard InChI is InChI=1S/C33H61NO9S/c1-9-10-11-12-13-14-15-16-17-18-26(35)22-29(37)41-19-20-44-24-27(34-31(39)43-33(5,6)7)28(36)21-25(30(38)40-8)23-42-32(2,3)4/h25-27,35H,9-24H2,1-8H3,(H,34,39)/t25-,26+,27-/m0/s1. The Labute approximate surface area is 270 Å². The quantitative estimate of drug-likeness (QED) is 0.0688. The molecule has 0 bridgehead atoms. The highest BCUT2D eigenvalue weighted by atomic mass is 32.2. The molecule has 0 saturated heterocycles. The third kappa shape index (κ3) is 24.5. The highest BCUT2D eigenvalue weighted by molar-refractivity contribution is 7.99. The topological polar surface area (TPSA) is 137 Å². The summed E-state index contributed by atoms with van der Waals surface area (Å²) >= 11 is 1.32. The van der Waals surface area contributed by atoms with Crippen molar-refractivity contribution in [2.75, 3.05) is 31.8 Å². The fourth-order valence-corrected chi connectivity index (χ4v) is 5.11. The van der Waals surface area contributed by atoms with E-state index in [1.165, 1.54) is 57.4 Å². The molecule has 0 aromatic heterocycles. The van der Waals surface area contributed by atoms with Crippen molar-refractivity contribution in [3.63, 3.8) is 0 Å². The van der Waals surface area contributed by atoms with Crippen LogP contribution < -0.4 is 5.32 Å². The van der Waals surface area contributed by atoms with E-state index in [1.54, 1.807) is 20.8 Å². The Kier molecular flexibility index (Phi) is 22.5. The van der Waals surface area contributed by atoms with Crippen LogP contribution in [0.4, 0.5) is 4.79 Å². The monoisotopic (exact) mass is 647 g/mol. The van der Waals surface area contributed by atoms with Crippen molar-refractivity contribution in [2.24, 2.45) is 5.92 Å². The van der Waals surface area contributed by atoms with Gasteiger partial charge in [-0.1, -0.05) is 64.7 Å². The van der Waals surface area contributed by atoms with Crippen LogP contribution in [0, 0.1) is 5.92 Å². The van der Waals surface area contributed by atoms with E-state index >= 15 is 0 Å². The SMILES string of the molecule is CCCCCCCCCCC[C@@H](O)CC(=O)OCCSC[C@H](NC(=O)OC(C)(C)C)C(=O)C[C@@H](COC(C)(C)C)C(=O)OC. The van der Waals surface area contributed by atoms with Gasteiger partial charge in [0.1, 0.15) is 12.2 Å². The largest absolute Gasteiger partial charge is 0.469 e. The van der Waals surface area contributed by atoms with Crippen LogP contribution in [0.25, 0.3) is 0 Å². The van der Waals surface area contributed by atoms with E-state index in [2.05, 4.69) is 12.2 Å². The lowest BCUT2D eigenvalue weighted by atomic mass is 9.99. The number of alkyl carbamates (subject to hydrolysis) is 1. The van der Waals surface area contributed by atoms with Gasteiger partial charge in [-0.05, 0) is 48.0 Å². The van der Waals surface area contributed by atoms with Crippen LogP contribution in [0.2, 0.25) is 0 Å². The fourth-order valence-electron chi connectivity index (χ4n) is 4.24. The number of thioether (sulfide) groups is 1. The molecule has 1 amide bonds. The van der Waals surface area contributed by atoms with Crippen LogP contribution in [0.5, 0.6) is 0 Å². The number of rotatable bonds is 24. The minimum Gasteiger partial charge on any atom is -0.469 e. The summed E-state index contributed by atoms with van der Waals surface area (Å²) in [5.41, 5.74) is -1.27. The zero-order valence-electron chi connectivity index (χ0n) is 28.7. The van der Waals surface area contributed by atoms with Crippen LogP contribution in [0.15, 0.2) is 0 Å². The van der Waals surface area contributed by atoms with Crippen LogP contribution in [-0.2, 0) is 33.3 Å². The number of ketones is 1. The summed E-state index contributed by atoms with van der Waals surface area (Å²) in [4.78, 5) is 50.2. The van der Waals surface area contributed by atoms with E-state index in [4.69, 9.17) is 18.9 Å². The molecule has 0 aliphatic carbocycles. The fraction of sp³-hybridized carbons (Fsp3) is 0.879. The Morgan fingerprint density at radius 3 is 1.98 bits per heavy atom. The molecule has 0 rings (SSSR count). The van der Waals surface area contributed by atoms with Crippen LogP contribution >= 0.6 is 11.8 Å². The highest BCUT2D eigenvalue weighted by Gasteiger charge is 2.31. The van der Waals surface area contributed by atoms with Gasteiger partial charge in [-0.3, -0.25) is 14.4 Å². The second kappa shape index (κ2) is 23.5. The Bertz CT molecular complexity index is 823. The minimum absolute atomic E-state index is 0.00482. The average molecular weight is 648 g/mol. The summed E-state index contributed by atoms with van der Waals surface area (Å²) in [6.45, 7) is 13.0. The number of hydrogen-bond donors (Lipinski definition) is 2. The lowest BCUT2D eigenvalue weighted by molar-refractivity contribution is -0.151. The number of Topliss-reactive ketones (excluding diaryl/α,β-unsaturated/α-hetero) is 1. The van der Waals surface area contributed by atoms with Crippen molar-refractivity contribution in [1.29, 1.82) is 0 Å². The Morgan fingerprint density at radius 1 is 0.841 bits per heavy atom. The van der Waals surface area contributed by atoms with E-state index in [-0.39, 0.29) is 37.6 Å².